The van der Waals surface area contributed by atoms with E-state index in [1.165, 1.54) is 12.1 Å². The molecule has 1 aliphatic heterocycles. The van der Waals surface area contributed by atoms with Gasteiger partial charge in [0.25, 0.3) is 5.91 Å². The van der Waals surface area contributed by atoms with Crippen LogP contribution < -0.4 is 5.32 Å². The minimum Gasteiger partial charge on any atom is -0.351 e. The molecule has 2 aromatic rings. The van der Waals surface area contributed by atoms with Crippen LogP contribution in [0.15, 0.2) is 34.9 Å². The van der Waals surface area contributed by atoms with Crippen LogP contribution in [-0.2, 0) is 12.6 Å². The summed E-state index contributed by atoms with van der Waals surface area (Å²) in [6, 6.07) is 6.18. The second-order valence-electron chi connectivity index (χ2n) is 6.79. The molecule has 0 atom stereocenters. The molecule has 0 saturated carbocycles. The summed E-state index contributed by atoms with van der Waals surface area (Å²) >= 11 is 0. The Morgan fingerprint density at radius 2 is 1.72 bits per heavy atom. The molecule has 0 spiro atoms. The Hall–Kier alpha value is -3.04. The normalized spacial score (nSPS) is 14.8. The number of nitrogens with one attached hydrogen (secondary N) is 1. The molecular weight excluding hydrogens is 389 g/mol. The molecule has 0 bridgehead atoms. The van der Waals surface area contributed by atoms with Gasteiger partial charge in [0.15, 0.2) is 0 Å². The molecule has 7 nitrogen and oxygen atoms in total. The Labute approximate surface area is 165 Å². The van der Waals surface area contributed by atoms with Gasteiger partial charge in [-0.1, -0.05) is 17.3 Å². The van der Waals surface area contributed by atoms with Crippen LogP contribution in [0.25, 0.3) is 0 Å². The molecule has 1 saturated heterocycles. The zero-order chi connectivity index (χ0) is 21.0. The number of carbonyl (C=O) groups excluding carboxylic acids is 2. The van der Waals surface area contributed by atoms with Crippen LogP contribution in [0.2, 0.25) is 0 Å². The van der Waals surface area contributed by atoms with Crippen molar-refractivity contribution in [1.82, 2.24) is 20.3 Å². The Morgan fingerprint density at radius 3 is 2.28 bits per heavy atom. The molecule has 1 N–H and O–H groups in total. The fraction of sp³-hybridized carbons (Fsp3) is 0.421. The van der Waals surface area contributed by atoms with Gasteiger partial charge in [0.2, 0.25) is 5.76 Å². The van der Waals surface area contributed by atoms with Gasteiger partial charge < -0.3 is 19.6 Å². The summed E-state index contributed by atoms with van der Waals surface area (Å²) < 4.78 is 42.7. The van der Waals surface area contributed by atoms with Gasteiger partial charge in [0.05, 0.1) is 11.3 Å². The second-order valence-corrected chi connectivity index (χ2v) is 6.79. The summed E-state index contributed by atoms with van der Waals surface area (Å²) in [5, 5.41) is 6.46. The van der Waals surface area contributed by atoms with Gasteiger partial charge in [0, 0.05) is 38.8 Å². The van der Waals surface area contributed by atoms with E-state index in [4.69, 9.17) is 4.52 Å². The standard InChI is InChI=1S/C19H21F3N4O3/c1-13-12-16(29-24-13)17(27)25-8-10-26(11-9-25)18(28)23-7-6-14-2-4-15(5-3-14)19(20,21)22/h2-5,12H,6-11H2,1H3,(H,23,28). The molecule has 1 fully saturated rings. The lowest BCUT2D eigenvalue weighted by molar-refractivity contribution is -0.137. The van der Waals surface area contributed by atoms with Crippen LogP contribution >= 0.6 is 0 Å². The van der Waals surface area contributed by atoms with Gasteiger partial charge in [0.1, 0.15) is 0 Å². The van der Waals surface area contributed by atoms with Crippen molar-refractivity contribution in [2.45, 2.75) is 19.5 Å². The number of aryl methyl sites for hydroxylation is 1. The molecule has 3 rings (SSSR count). The second kappa shape index (κ2) is 8.54. The molecule has 10 heteroatoms. The van der Waals surface area contributed by atoms with Crippen molar-refractivity contribution < 1.29 is 27.3 Å². The van der Waals surface area contributed by atoms with Crippen LogP contribution in [0.5, 0.6) is 0 Å². The summed E-state index contributed by atoms with van der Waals surface area (Å²) in [5.41, 5.74) is 0.633. The highest BCUT2D eigenvalue weighted by atomic mass is 19.4. The fourth-order valence-corrected chi connectivity index (χ4v) is 3.02. The fourth-order valence-electron chi connectivity index (χ4n) is 3.02. The van der Waals surface area contributed by atoms with Crippen molar-refractivity contribution in [2.24, 2.45) is 0 Å². The van der Waals surface area contributed by atoms with E-state index in [1.807, 2.05) is 0 Å². The molecule has 0 unspecified atom stereocenters. The summed E-state index contributed by atoms with van der Waals surface area (Å²) in [7, 11) is 0. The lowest BCUT2D eigenvalue weighted by Gasteiger charge is -2.34. The molecule has 29 heavy (non-hydrogen) atoms. The third-order valence-electron chi connectivity index (χ3n) is 4.66. The van der Waals surface area contributed by atoms with Crippen molar-refractivity contribution >= 4 is 11.9 Å². The minimum atomic E-state index is -4.36. The molecule has 156 valence electrons. The predicted octanol–water partition coefficient (Wildman–Crippen LogP) is 2.71. The molecule has 1 aromatic heterocycles. The number of carbonyl (C=O) groups is 2. The first-order chi connectivity index (χ1) is 13.7. The smallest absolute Gasteiger partial charge is 0.351 e. The first kappa shape index (κ1) is 20.7. The number of piperazine rings is 1. The maximum atomic E-state index is 12.6. The summed E-state index contributed by atoms with van der Waals surface area (Å²) in [6.07, 6.45) is -3.93. The SMILES string of the molecule is Cc1cc(C(=O)N2CCN(C(=O)NCCc3ccc(C(F)(F)F)cc3)CC2)on1. The van der Waals surface area contributed by atoms with E-state index in [-0.39, 0.29) is 17.7 Å². The van der Waals surface area contributed by atoms with Gasteiger partial charge >= 0.3 is 12.2 Å². The summed E-state index contributed by atoms with van der Waals surface area (Å²) in [4.78, 5) is 27.8. The summed E-state index contributed by atoms with van der Waals surface area (Å²) in [6.45, 7) is 3.56. The van der Waals surface area contributed by atoms with E-state index >= 15 is 0 Å². The van der Waals surface area contributed by atoms with E-state index in [2.05, 4.69) is 10.5 Å². The van der Waals surface area contributed by atoms with Crippen LogP contribution in [0.3, 0.4) is 0 Å². The number of hydrogen-bond donors (Lipinski definition) is 1. The van der Waals surface area contributed by atoms with Gasteiger partial charge in [-0.15, -0.1) is 0 Å². The number of alkyl halides is 3. The number of nitrogens with zero attached hydrogens (tertiary/aromatic N) is 3. The highest BCUT2D eigenvalue weighted by molar-refractivity contribution is 5.91. The molecule has 1 aliphatic rings. The lowest BCUT2D eigenvalue weighted by Crippen LogP contribution is -2.53. The Balaban J connectivity index is 1.41. The Bertz CT molecular complexity index is 856. The first-order valence-corrected chi connectivity index (χ1v) is 9.15. The number of amides is 3. The maximum Gasteiger partial charge on any atom is 0.416 e. The number of rotatable bonds is 4. The number of aromatic nitrogens is 1. The number of hydrogen-bond acceptors (Lipinski definition) is 4. The predicted molar refractivity (Wildman–Crippen MR) is 97.3 cm³/mol. The molecule has 0 radical (unpaired) electrons. The molecule has 0 aliphatic carbocycles. The van der Waals surface area contributed by atoms with E-state index in [0.29, 0.717) is 50.4 Å². The number of benzene rings is 1. The highest BCUT2D eigenvalue weighted by Crippen LogP contribution is 2.29. The molecule has 3 amide bonds. The first-order valence-electron chi connectivity index (χ1n) is 9.15. The minimum absolute atomic E-state index is 0.178. The van der Waals surface area contributed by atoms with Crippen molar-refractivity contribution in [1.29, 1.82) is 0 Å². The number of halogens is 3. The van der Waals surface area contributed by atoms with Crippen molar-refractivity contribution in [3.63, 3.8) is 0 Å². The Kier molecular flexibility index (Phi) is 6.09. The van der Waals surface area contributed by atoms with E-state index in [9.17, 15) is 22.8 Å². The van der Waals surface area contributed by atoms with E-state index in [0.717, 1.165) is 12.1 Å². The lowest BCUT2D eigenvalue weighted by atomic mass is 10.1. The topological polar surface area (TPSA) is 78.7 Å². The van der Waals surface area contributed by atoms with Gasteiger partial charge in [-0.25, -0.2) is 4.79 Å². The van der Waals surface area contributed by atoms with Crippen molar-refractivity contribution in [2.75, 3.05) is 32.7 Å². The average molecular weight is 410 g/mol. The van der Waals surface area contributed by atoms with Crippen molar-refractivity contribution in [3.05, 3.63) is 52.9 Å². The van der Waals surface area contributed by atoms with E-state index < -0.39 is 11.7 Å². The van der Waals surface area contributed by atoms with Crippen LogP contribution in [0.4, 0.5) is 18.0 Å². The van der Waals surface area contributed by atoms with Gasteiger partial charge in [-0.2, -0.15) is 13.2 Å². The van der Waals surface area contributed by atoms with Crippen molar-refractivity contribution in [3.8, 4) is 0 Å². The van der Waals surface area contributed by atoms with Crippen LogP contribution in [0.1, 0.15) is 27.4 Å². The molecule has 2 heterocycles. The number of urea groups is 1. The highest BCUT2D eigenvalue weighted by Gasteiger charge is 2.30. The van der Waals surface area contributed by atoms with E-state index in [1.54, 1.807) is 22.8 Å². The average Bonchev–Trinajstić information content (AvgIpc) is 3.13. The zero-order valence-electron chi connectivity index (χ0n) is 15.8. The maximum absolute atomic E-state index is 12.6. The Morgan fingerprint density at radius 1 is 1.10 bits per heavy atom. The van der Waals surface area contributed by atoms with Gasteiger partial charge in [-0.05, 0) is 31.0 Å². The monoisotopic (exact) mass is 410 g/mol. The summed E-state index contributed by atoms with van der Waals surface area (Å²) in [5.74, 6) is -0.0788. The quantitative estimate of drug-likeness (QED) is 0.841. The zero-order valence-corrected chi connectivity index (χ0v) is 15.8. The third-order valence-corrected chi connectivity index (χ3v) is 4.66. The van der Waals surface area contributed by atoms with Gasteiger partial charge in [-0.3, -0.25) is 4.79 Å². The molecule has 1 aromatic carbocycles. The third kappa shape index (κ3) is 5.27. The van der Waals surface area contributed by atoms with Crippen LogP contribution in [-0.4, -0.2) is 59.6 Å². The molecular formula is C19H21F3N4O3. The van der Waals surface area contributed by atoms with Crippen LogP contribution in [0, 0.1) is 6.92 Å². The largest absolute Gasteiger partial charge is 0.416 e.